The smallest absolute Gasteiger partial charge is 0.410 e. The molecule has 0 radical (unpaired) electrons. The van der Waals surface area contributed by atoms with E-state index in [0.29, 0.717) is 23.6 Å². The number of aromatic nitrogens is 1. The molecule has 2 aromatic carbocycles. The summed E-state index contributed by atoms with van der Waals surface area (Å²) in [7, 11) is 0. The summed E-state index contributed by atoms with van der Waals surface area (Å²) in [6.45, 7) is 6.21. The number of likely N-dealkylation sites (tertiary alicyclic amines) is 1. The van der Waals surface area contributed by atoms with Crippen molar-refractivity contribution in [3.63, 3.8) is 0 Å². The molecule has 148 valence electrons. The molecule has 0 saturated carbocycles. The fourth-order valence-corrected chi connectivity index (χ4v) is 3.60. The van der Waals surface area contributed by atoms with Crippen LogP contribution in [0.25, 0.3) is 22.2 Å². The lowest BCUT2D eigenvalue weighted by molar-refractivity contribution is 0.0205. The molecule has 6 heteroatoms. The first kappa shape index (κ1) is 19.0. The van der Waals surface area contributed by atoms with Gasteiger partial charge in [0.05, 0.1) is 11.6 Å². The molecular formula is C23H23N3O3. The van der Waals surface area contributed by atoms with E-state index in [2.05, 4.69) is 11.1 Å². The zero-order valence-electron chi connectivity index (χ0n) is 16.8. The number of hydrogen-bond donors (Lipinski definition) is 0. The largest absolute Gasteiger partial charge is 0.444 e. The van der Waals surface area contributed by atoms with Crippen LogP contribution in [0.1, 0.15) is 51.1 Å². The van der Waals surface area contributed by atoms with Crippen LogP contribution in [0, 0.1) is 11.3 Å². The van der Waals surface area contributed by atoms with Crippen LogP contribution in [0.2, 0.25) is 0 Å². The number of fused-ring (bicyclic) bond motifs is 1. The molecule has 1 amide bonds. The molecule has 1 aliphatic heterocycles. The van der Waals surface area contributed by atoms with Crippen molar-refractivity contribution in [1.82, 2.24) is 9.88 Å². The molecule has 0 spiro atoms. The normalized spacial score (nSPS) is 16.8. The molecule has 3 aromatic rings. The van der Waals surface area contributed by atoms with E-state index in [-0.39, 0.29) is 12.1 Å². The molecule has 0 bridgehead atoms. The molecule has 1 saturated heterocycles. The lowest BCUT2D eigenvalue weighted by atomic mass is 10.0. The number of benzene rings is 2. The molecule has 1 fully saturated rings. The topological polar surface area (TPSA) is 79.4 Å². The van der Waals surface area contributed by atoms with Gasteiger partial charge in [-0.1, -0.05) is 18.2 Å². The number of nitrogens with zero attached hydrogens (tertiary/aromatic N) is 3. The number of oxazole rings is 1. The fourth-order valence-electron chi connectivity index (χ4n) is 3.60. The number of rotatable bonds is 2. The number of ether oxygens (including phenoxy) is 1. The van der Waals surface area contributed by atoms with Crippen molar-refractivity contribution in [1.29, 1.82) is 5.26 Å². The lowest BCUT2D eigenvalue weighted by Gasteiger charge is -2.27. The molecule has 0 unspecified atom stereocenters. The second-order valence-corrected chi connectivity index (χ2v) is 8.26. The van der Waals surface area contributed by atoms with Crippen molar-refractivity contribution in [2.75, 3.05) is 6.54 Å². The molecule has 2 heterocycles. The summed E-state index contributed by atoms with van der Waals surface area (Å²) in [5.41, 5.74) is 3.39. The Kier molecular flexibility index (Phi) is 4.75. The Morgan fingerprint density at radius 1 is 1.24 bits per heavy atom. The van der Waals surface area contributed by atoms with Crippen LogP contribution in [-0.2, 0) is 4.74 Å². The minimum atomic E-state index is -0.543. The van der Waals surface area contributed by atoms with Gasteiger partial charge in [-0.15, -0.1) is 0 Å². The SMILES string of the molecule is CC(C)(C)OC(=O)N1CCC[C@H]1c1nc2cc(-c3cccc(C#N)c3)ccc2o1. The number of nitriles is 1. The molecule has 29 heavy (non-hydrogen) atoms. The summed E-state index contributed by atoms with van der Waals surface area (Å²) in [4.78, 5) is 18.9. The van der Waals surface area contributed by atoms with Crippen molar-refractivity contribution in [3.05, 3.63) is 53.9 Å². The van der Waals surface area contributed by atoms with Gasteiger partial charge in [0, 0.05) is 6.54 Å². The Morgan fingerprint density at radius 2 is 2.03 bits per heavy atom. The van der Waals surface area contributed by atoms with Gasteiger partial charge in [-0.05, 0) is 69.0 Å². The fraction of sp³-hybridized carbons (Fsp3) is 0.348. The van der Waals surface area contributed by atoms with Crippen molar-refractivity contribution in [3.8, 4) is 17.2 Å². The molecular weight excluding hydrogens is 366 g/mol. The third-order valence-electron chi connectivity index (χ3n) is 4.89. The highest BCUT2D eigenvalue weighted by atomic mass is 16.6. The highest BCUT2D eigenvalue weighted by molar-refractivity contribution is 5.81. The van der Waals surface area contributed by atoms with E-state index in [4.69, 9.17) is 14.4 Å². The Morgan fingerprint density at radius 3 is 2.79 bits per heavy atom. The number of carbonyl (C=O) groups is 1. The zero-order chi connectivity index (χ0) is 20.6. The Balaban J connectivity index is 1.63. The average Bonchev–Trinajstić information content (AvgIpc) is 3.32. The maximum atomic E-state index is 12.6. The minimum absolute atomic E-state index is 0.220. The Bertz CT molecular complexity index is 1100. The lowest BCUT2D eigenvalue weighted by Crippen LogP contribution is -2.36. The van der Waals surface area contributed by atoms with E-state index < -0.39 is 5.60 Å². The second kappa shape index (κ2) is 7.25. The summed E-state index contributed by atoms with van der Waals surface area (Å²) >= 11 is 0. The van der Waals surface area contributed by atoms with E-state index in [9.17, 15) is 4.79 Å². The van der Waals surface area contributed by atoms with Crippen LogP contribution < -0.4 is 0 Å². The van der Waals surface area contributed by atoms with Crippen molar-refractivity contribution < 1.29 is 13.9 Å². The van der Waals surface area contributed by atoms with Crippen molar-refractivity contribution >= 4 is 17.2 Å². The predicted octanol–water partition coefficient (Wildman–Crippen LogP) is 5.44. The Labute approximate surface area is 169 Å². The maximum absolute atomic E-state index is 12.6. The van der Waals surface area contributed by atoms with Crippen LogP contribution in [0.15, 0.2) is 46.9 Å². The highest BCUT2D eigenvalue weighted by Crippen LogP contribution is 2.35. The second-order valence-electron chi connectivity index (χ2n) is 8.26. The van der Waals surface area contributed by atoms with Gasteiger partial charge in [0.25, 0.3) is 0 Å². The molecule has 1 atom stereocenters. The average molecular weight is 389 g/mol. The van der Waals surface area contributed by atoms with E-state index in [1.54, 1.807) is 11.0 Å². The van der Waals surface area contributed by atoms with Gasteiger partial charge < -0.3 is 9.15 Å². The van der Waals surface area contributed by atoms with Crippen molar-refractivity contribution in [2.45, 2.75) is 45.3 Å². The zero-order valence-corrected chi connectivity index (χ0v) is 16.8. The van der Waals surface area contributed by atoms with Crippen molar-refractivity contribution in [2.24, 2.45) is 0 Å². The molecule has 1 aromatic heterocycles. The quantitative estimate of drug-likeness (QED) is 0.583. The summed E-state index contributed by atoms with van der Waals surface area (Å²) < 4.78 is 11.5. The van der Waals surface area contributed by atoms with Gasteiger partial charge in [-0.3, -0.25) is 4.90 Å². The van der Waals surface area contributed by atoms with Gasteiger partial charge in [0.1, 0.15) is 17.2 Å². The number of hydrogen-bond acceptors (Lipinski definition) is 5. The Hall–Kier alpha value is -3.33. The third-order valence-corrected chi connectivity index (χ3v) is 4.89. The molecule has 0 aliphatic carbocycles. The minimum Gasteiger partial charge on any atom is -0.444 e. The highest BCUT2D eigenvalue weighted by Gasteiger charge is 2.36. The molecule has 0 N–H and O–H groups in total. The summed E-state index contributed by atoms with van der Waals surface area (Å²) in [6.07, 6.45) is 1.34. The van der Waals surface area contributed by atoms with Crippen LogP contribution in [0.4, 0.5) is 4.79 Å². The molecule has 6 nitrogen and oxygen atoms in total. The van der Waals surface area contributed by atoms with E-state index in [0.717, 1.165) is 29.5 Å². The summed E-state index contributed by atoms with van der Waals surface area (Å²) in [5, 5.41) is 9.13. The van der Waals surface area contributed by atoms with E-state index >= 15 is 0 Å². The van der Waals surface area contributed by atoms with E-state index in [1.165, 1.54) is 0 Å². The first-order valence-corrected chi connectivity index (χ1v) is 9.75. The van der Waals surface area contributed by atoms with Crippen LogP contribution in [0.3, 0.4) is 0 Å². The van der Waals surface area contributed by atoms with Gasteiger partial charge in [-0.25, -0.2) is 9.78 Å². The van der Waals surface area contributed by atoms with E-state index in [1.807, 2.05) is 57.2 Å². The summed E-state index contributed by atoms with van der Waals surface area (Å²) in [5.74, 6) is 0.534. The number of carbonyl (C=O) groups excluding carboxylic acids is 1. The first-order chi connectivity index (χ1) is 13.8. The number of amides is 1. The van der Waals surface area contributed by atoms with Crippen LogP contribution in [0.5, 0.6) is 0 Å². The maximum Gasteiger partial charge on any atom is 0.410 e. The third kappa shape index (κ3) is 3.95. The van der Waals surface area contributed by atoms with Gasteiger partial charge in [0.15, 0.2) is 5.58 Å². The standard InChI is InChI=1S/C23H23N3O3/c1-23(2,3)29-22(27)26-11-5-8-19(26)21-25-18-13-17(9-10-20(18)28-21)16-7-4-6-15(12-16)14-24/h4,6-7,9-10,12-13,19H,5,8,11H2,1-3H3/t19-/m0/s1. The van der Waals surface area contributed by atoms with Crippen LogP contribution >= 0.6 is 0 Å². The van der Waals surface area contributed by atoms with Gasteiger partial charge in [-0.2, -0.15) is 5.26 Å². The first-order valence-electron chi connectivity index (χ1n) is 9.75. The molecule has 4 rings (SSSR count). The van der Waals surface area contributed by atoms with Gasteiger partial charge in [0.2, 0.25) is 5.89 Å². The summed E-state index contributed by atoms with van der Waals surface area (Å²) in [6, 6.07) is 15.2. The van der Waals surface area contributed by atoms with Crippen LogP contribution in [-0.4, -0.2) is 28.1 Å². The predicted molar refractivity (Wildman–Crippen MR) is 109 cm³/mol. The molecule has 1 aliphatic rings. The monoisotopic (exact) mass is 389 g/mol. The van der Waals surface area contributed by atoms with Gasteiger partial charge >= 0.3 is 6.09 Å².